The Kier molecular flexibility index (Phi) is 6.46. The molecule has 1 aliphatic rings. The van der Waals surface area contributed by atoms with E-state index < -0.39 is 0 Å². The number of amides is 1. The van der Waals surface area contributed by atoms with Crippen LogP contribution in [0.5, 0.6) is 11.5 Å². The normalized spacial score (nSPS) is 17.3. The molecule has 0 spiro atoms. The van der Waals surface area contributed by atoms with Crippen LogP contribution in [0.4, 0.5) is 0 Å². The molecule has 6 nitrogen and oxygen atoms in total. The minimum atomic E-state index is -0.243. The lowest BCUT2D eigenvalue weighted by Crippen LogP contribution is -2.42. The number of rotatable bonds is 6. The predicted octanol–water partition coefficient (Wildman–Crippen LogP) is 2.51. The minimum absolute atomic E-state index is 0.106. The summed E-state index contributed by atoms with van der Waals surface area (Å²) < 4.78 is 15.9. The summed E-state index contributed by atoms with van der Waals surface area (Å²) in [6.45, 7) is 5.60. The Labute approximate surface area is 142 Å². The largest absolute Gasteiger partial charge is 0.493 e. The summed E-state index contributed by atoms with van der Waals surface area (Å²) in [4.78, 5) is 26.4. The number of piperidine rings is 1. The van der Waals surface area contributed by atoms with Crippen molar-refractivity contribution < 1.29 is 23.8 Å². The maximum absolute atomic E-state index is 12.7. The SMILES string of the molecule is CCOC(=O)[C@@H]1CCCN(C(=O)c2ccc(OCC)c(OC)c2)C1. The van der Waals surface area contributed by atoms with Crippen molar-refractivity contribution in [1.82, 2.24) is 4.90 Å². The highest BCUT2D eigenvalue weighted by Gasteiger charge is 2.30. The van der Waals surface area contributed by atoms with Crippen LogP contribution in [0.3, 0.4) is 0 Å². The van der Waals surface area contributed by atoms with Crippen LogP contribution in [0.2, 0.25) is 0 Å². The van der Waals surface area contributed by atoms with E-state index in [1.165, 1.54) is 0 Å². The third kappa shape index (κ3) is 4.19. The van der Waals surface area contributed by atoms with Crippen LogP contribution in [0.25, 0.3) is 0 Å². The predicted molar refractivity (Wildman–Crippen MR) is 89.4 cm³/mol. The van der Waals surface area contributed by atoms with Gasteiger partial charge < -0.3 is 19.1 Å². The van der Waals surface area contributed by atoms with Gasteiger partial charge in [-0.1, -0.05) is 0 Å². The van der Waals surface area contributed by atoms with E-state index in [0.717, 1.165) is 12.8 Å². The topological polar surface area (TPSA) is 65.1 Å². The Morgan fingerprint density at radius 3 is 2.67 bits per heavy atom. The highest BCUT2D eigenvalue weighted by atomic mass is 16.5. The zero-order chi connectivity index (χ0) is 17.5. The summed E-state index contributed by atoms with van der Waals surface area (Å²) in [7, 11) is 1.55. The number of methoxy groups -OCH3 is 1. The standard InChI is InChI=1S/C18H25NO5/c1-4-23-15-9-8-13(11-16(15)22-3)17(20)19-10-6-7-14(12-19)18(21)24-5-2/h8-9,11,14H,4-7,10,12H2,1-3H3/t14-/m1/s1. The average Bonchev–Trinajstić information content (AvgIpc) is 2.62. The van der Waals surface area contributed by atoms with E-state index in [1.807, 2.05) is 6.92 Å². The maximum Gasteiger partial charge on any atom is 0.310 e. The van der Waals surface area contributed by atoms with Crippen LogP contribution in [-0.2, 0) is 9.53 Å². The summed E-state index contributed by atoms with van der Waals surface area (Å²) in [5, 5.41) is 0. The smallest absolute Gasteiger partial charge is 0.310 e. The second kappa shape index (κ2) is 8.57. The van der Waals surface area contributed by atoms with Gasteiger partial charge in [0.25, 0.3) is 5.91 Å². The number of likely N-dealkylation sites (tertiary alicyclic amines) is 1. The van der Waals surface area contributed by atoms with Gasteiger partial charge in [0, 0.05) is 18.7 Å². The summed E-state index contributed by atoms with van der Waals surface area (Å²) in [6, 6.07) is 5.15. The fourth-order valence-corrected chi connectivity index (χ4v) is 2.87. The van der Waals surface area contributed by atoms with Gasteiger partial charge in [0.05, 0.1) is 26.2 Å². The summed E-state index contributed by atoms with van der Waals surface area (Å²) in [5.74, 6) is 0.568. The molecule has 1 aromatic rings. The van der Waals surface area contributed by atoms with E-state index in [2.05, 4.69) is 0 Å². The van der Waals surface area contributed by atoms with Crippen LogP contribution in [0, 0.1) is 5.92 Å². The Hall–Kier alpha value is -2.24. The van der Waals surface area contributed by atoms with Crippen LogP contribution < -0.4 is 9.47 Å². The van der Waals surface area contributed by atoms with E-state index in [1.54, 1.807) is 37.1 Å². The van der Waals surface area contributed by atoms with E-state index in [0.29, 0.717) is 43.4 Å². The lowest BCUT2D eigenvalue weighted by atomic mass is 9.97. The first-order valence-corrected chi connectivity index (χ1v) is 8.37. The van der Waals surface area contributed by atoms with Crippen LogP contribution >= 0.6 is 0 Å². The number of nitrogens with zero attached hydrogens (tertiary/aromatic N) is 1. The molecule has 0 unspecified atom stereocenters. The first-order valence-electron chi connectivity index (χ1n) is 8.37. The van der Waals surface area contributed by atoms with Gasteiger partial charge in [-0.2, -0.15) is 0 Å². The number of benzene rings is 1. The van der Waals surface area contributed by atoms with Gasteiger partial charge in [-0.05, 0) is 44.9 Å². The fraction of sp³-hybridized carbons (Fsp3) is 0.556. The van der Waals surface area contributed by atoms with Crippen molar-refractivity contribution in [2.75, 3.05) is 33.4 Å². The molecule has 1 saturated heterocycles. The van der Waals surface area contributed by atoms with Gasteiger partial charge in [-0.15, -0.1) is 0 Å². The summed E-state index contributed by atoms with van der Waals surface area (Å²) in [6.07, 6.45) is 1.55. The number of carbonyl (C=O) groups excluding carboxylic acids is 2. The Bertz CT molecular complexity index is 587. The van der Waals surface area contributed by atoms with Crippen LogP contribution in [0.15, 0.2) is 18.2 Å². The fourth-order valence-electron chi connectivity index (χ4n) is 2.87. The monoisotopic (exact) mass is 335 g/mol. The van der Waals surface area contributed by atoms with E-state index in [4.69, 9.17) is 14.2 Å². The molecule has 0 aromatic heterocycles. The van der Waals surface area contributed by atoms with E-state index in [9.17, 15) is 9.59 Å². The lowest BCUT2D eigenvalue weighted by Gasteiger charge is -2.31. The van der Waals surface area contributed by atoms with Crippen LogP contribution in [0.1, 0.15) is 37.0 Å². The van der Waals surface area contributed by atoms with Crippen molar-refractivity contribution in [3.05, 3.63) is 23.8 Å². The Balaban J connectivity index is 2.11. The number of hydrogen-bond donors (Lipinski definition) is 0. The first-order chi connectivity index (χ1) is 11.6. The molecule has 0 radical (unpaired) electrons. The van der Waals surface area contributed by atoms with Gasteiger partial charge >= 0.3 is 5.97 Å². The van der Waals surface area contributed by atoms with Crippen molar-refractivity contribution in [1.29, 1.82) is 0 Å². The zero-order valence-corrected chi connectivity index (χ0v) is 14.5. The van der Waals surface area contributed by atoms with E-state index >= 15 is 0 Å². The van der Waals surface area contributed by atoms with Crippen molar-refractivity contribution in [3.63, 3.8) is 0 Å². The second-order valence-corrected chi connectivity index (χ2v) is 5.64. The molecule has 132 valence electrons. The molecule has 6 heteroatoms. The Morgan fingerprint density at radius 2 is 2.00 bits per heavy atom. The third-order valence-electron chi connectivity index (χ3n) is 4.04. The van der Waals surface area contributed by atoms with Crippen molar-refractivity contribution in [3.8, 4) is 11.5 Å². The maximum atomic E-state index is 12.7. The minimum Gasteiger partial charge on any atom is -0.493 e. The molecule has 1 atom stereocenters. The third-order valence-corrected chi connectivity index (χ3v) is 4.04. The highest BCUT2D eigenvalue weighted by molar-refractivity contribution is 5.95. The van der Waals surface area contributed by atoms with Crippen LogP contribution in [-0.4, -0.2) is 50.2 Å². The number of hydrogen-bond acceptors (Lipinski definition) is 5. The van der Waals surface area contributed by atoms with Gasteiger partial charge in [-0.3, -0.25) is 9.59 Å². The average molecular weight is 335 g/mol. The lowest BCUT2D eigenvalue weighted by molar-refractivity contribution is -0.149. The molecular weight excluding hydrogens is 310 g/mol. The molecule has 1 fully saturated rings. The highest BCUT2D eigenvalue weighted by Crippen LogP contribution is 2.29. The van der Waals surface area contributed by atoms with Crippen molar-refractivity contribution >= 4 is 11.9 Å². The summed E-state index contributed by atoms with van der Waals surface area (Å²) in [5.41, 5.74) is 0.528. The molecule has 1 aliphatic heterocycles. The van der Waals surface area contributed by atoms with Crippen molar-refractivity contribution in [2.45, 2.75) is 26.7 Å². The number of carbonyl (C=O) groups is 2. The molecule has 0 N–H and O–H groups in total. The quantitative estimate of drug-likeness (QED) is 0.748. The van der Waals surface area contributed by atoms with E-state index in [-0.39, 0.29) is 17.8 Å². The van der Waals surface area contributed by atoms with Gasteiger partial charge in [0.2, 0.25) is 0 Å². The molecule has 0 bridgehead atoms. The molecular formula is C18H25NO5. The molecule has 1 heterocycles. The van der Waals surface area contributed by atoms with Gasteiger partial charge in [0.15, 0.2) is 11.5 Å². The first kappa shape index (κ1) is 18.1. The van der Waals surface area contributed by atoms with Gasteiger partial charge in [0.1, 0.15) is 0 Å². The molecule has 24 heavy (non-hydrogen) atoms. The number of esters is 1. The molecule has 0 aliphatic carbocycles. The summed E-state index contributed by atoms with van der Waals surface area (Å²) >= 11 is 0. The zero-order valence-electron chi connectivity index (χ0n) is 14.5. The van der Waals surface area contributed by atoms with Crippen molar-refractivity contribution in [2.24, 2.45) is 5.92 Å². The molecule has 2 rings (SSSR count). The second-order valence-electron chi connectivity index (χ2n) is 5.64. The molecule has 1 amide bonds. The molecule has 1 aromatic carbocycles. The molecule has 0 saturated carbocycles. The van der Waals surface area contributed by atoms with Gasteiger partial charge in [-0.25, -0.2) is 0 Å². The number of ether oxygens (including phenoxy) is 3. The Morgan fingerprint density at radius 1 is 1.21 bits per heavy atom.